The number of thioether (sulfide) groups is 1. The van der Waals surface area contributed by atoms with Crippen molar-refractivity contribution < 1.29 is 19.1 Å². The maximum absolute atomic E-state index is 13.4. The van der Waals surface area contributed by atoms with E-state index in [4.69, 9.17) is 27.9 Å². The van der Waals surface area contributed by atoms with Crippen molar-refractivity contribution in [1.29, 1.82) is 0 Å². The van der Waals surface area contributed by atoms with Crippen molar-refractivity contribution in [3.8, 4) is 17.0 Å². The summed E-state index contributed by atoms with van der Waals surface area (Å²) in [6.07, 6.45) is 1.58. The number of aromatic nitrogens is 1. The molecule has 0 fully saturated rings. The third kappa shape index (κ3) is 9.46. The average molecular weight is 704 g/mol. The Kier molecular flexibility index (Phi) is 11.7. The minimum Gasteiger partial charge on any atom is -0.493 e. The summed E-state index contributed by atoms with van der Waals surface area (Å²) in [7, 11) is 0. The van der Waals surface area contributed by atoms with Gasteiger partial charge in [0.05, 0.1) is 23.1 Å². The van der Waals surface area contributed by atoms with E-state index in [1.807, 2.05) is 30.5 Å². The number of halogens is 2. The standard InChI is InChI=1S/C35H28Cl2N4O4S2/c1-2-45-31-11-7-6-10-23(31)18-29(39-33(43)22-8-4-3-5-9-22)34(44)38-25-13-15-26(16-14-25)46-21-32(42)41-35-40-30(20-47-35)27-17-12-24(36)19-28(27)37/h3-20H,2,21H2,1H3,(H,38,44)(H,39,43)(H,40,41,42)/b29-18-. The van der Waals surface area contributed by atoms with E-state index in [2.05, 4.69) is 20.9 Å². The van der Waals surface area contributed by atoms with E-state index in [9.17, 15) is 14.4 Å². The van der Waals surface area contributed by atoms with Gasteiger partial charge in [-0.1, -0.05) is 59.6 Å². The molecule has 238 valence electrons. The van der Waals surface area contributed by atoms with Gasteiger partial charge in [0.2, 0.25) is 5.91 Å². The zero-order valence-corrected chi connectivity index (χ0v) is 28.1. The molecule has 47 heavy (non-hydrogen) atoms. The zero-order chi connectivity index (χ0) is 33.2. The highest BCUT2D eigenvalue weighted by Gasteiger charge is 2.17. The van der Waals surface area contributed by atoms with Crippen molar-refractivity contribution in [2.45, 2.75) is 11.8 Å². The summed E-state index contributed by atoms with van der Waals surface area (Å²) in [4.78, 5) is 44.3. The molecular formula is C35H28Cl2N4O4S2. The fourth-order valence-corrected chi connectivity index (χ4v) is 6.20. The van der Waals surface area contributed by atoms with Gasteiger partial charge in [0, 0.05) is 37.7 Å². The van der Waals surface area contributed by atoms with Crippen LogP contribution in [0.25, 0.3) is 17.3 Å². The van der Waals surface area contributed by atoms with E-state index in [1.165, 1.54) is 23.1 Å². The Morgan fingerprint density at radius 1 is 0.915 bits per heavy atom. The second kappa shape index (κ2) is 16.3. The Morgan fingerprint density at radius 2 is 1.66 bits per heavy atom. The van der Waals surface area contributed by atoms with Crippen LogP contribution in [0.1, 0.15) is 22.8 Å². The number of para-hydroxylation sites is 1. The zero-order valence-electron chi connectivity index (χ0n) is 25.0. The van der Waals surface area contributed by atoms with Crippen LogP contribution < -0.4 is 20.7 Å². The molecule has 12 heteroatoms. The van der Waals surface area contributed by atoms with Gasteiger partial charge in [0.1, 0.15) is 11.4 Å². The van der Waals surface area contributed by atoms with Crippen LogP contribution in [0.5, 0.6) is 5.75 Å². The highest BCUT2D eigenvalue weighted by atomic mass is 35.5. The largest absolute Gasteiger partial charge is 0.493 e. The number of benzene rings is 4. The molecule has 3 N–H and O–H groups in total. The quantitative estimate of drug-likeness (QED) is 0.0887. The first-order chi connectivity index (χ1) is 22.8. The minimum atomic E-state index is -0.511. The lowest BCUT2D eigenvalue weighted by molar-refractivity contribution is -0.114. The molecule has 0 aliphatic heterocycles. The third-order valence-electron chi connectivity index (χ3n) is 6.49. The highest BCUT2D eigenvalue weighted by molar-refractivity contribution is 8.00. The lowest BCUT2D eigenvalue weighted by Gasteiger charge is -2.13. The number of hydrogen-bond donors (Lipinski definition) is 3. The Labute approximate surface area is 290 Å². The van der Waals surface area contributed by atoms with Crippen LogP contribution in [-0.2, 0) is 9.59 Å². The van der Waals surface area contributed by atoms with Gasteiger partial charge in [-0.15, -0.1) is 23.1 Å². The summed E-state index contributed by atoms with van der Waals surface area (Å²) in [5.41, 5.74) is 2.98. The van der Waals surface area contributed by atoms with Gasteiger partial charge < -0.3 is 20.7 Å². The molecule has 0 atom stereocenters. The lowest BCUT2D eigenvalue weighted by atomic mass is 10.1. The van der Waals surface area contributed by atoms with E-state index in [-0.39, 0.29) is 17.4 Å². The molecule has 8 nitrogen and oxygen atoms in total. The third-order valence-corrected chi connectivity index (χ3v) is 8.80. The average Bonchev–Trinajstić information content (AvgIpc) is 3.53. The molecule has 5 rings (SSSR count). The lowest BCUT2D eigenvalue weighted by Crippen LogP contribution is -2.30. The Hall–Kier alpha value is -4.61. The van der Waals surface area contributed by atoms with Crippen molar-refractivity contribution >= 4 is 80.9 Å². The molecule has 0 radical (unpaired) electrons. The van der Waals surface area contributed by atoms with Gasteiger partial charge in [-0.2, -0.15) is 0 Å². The second-order valence-corrected chi connectivity index (χ2v) is 12.6. The number of nitrogens with zero attached hydrogens (tertiary/aromatic N) is 1. The molecule has 1 aromatic heterocycles. The Morgan fingerprint density at radius 3 is 2.40 bits per heavy atom. The maximum Gasteiger partial charge on any atom is 0.272 e. The number of anilines is 2. The number of hydrogen-bond acceptors (Lipinski definition) is 7. The minimum absolute atomic E-state index is 0.0461. The second-order valence-electron chi connectivity index (χ2n) is 9.83. The number of amides is 3. The van der Waals surface area contributed by atoms with E-state index < -0.39 is 11.8 Å². The monoisotopic (exact) mass is 702 g/mol. The van der Waals surface area contributed by atoms with Crippen LogP contribution in [0, 0.1) is 0 Å². The number of rotatable bonds is 12. The fourth-order valence-electron chi connectivity index (χ4n) is 4.27. The van der Waals surface area contributed by atoms with Crippen LogP contribution in [-0.4, -0.2) is 35.1 Å². The summed E-state index contributed by atoms with van der Waals surface area (Å²) < 4.78 is 5.71. The summed E-state index contributed by atoms with van der Waals surface area (Å²) in [5, 5.41) is 11.7. The molecule has 1 heterocycles. The van der Waals surface area contributed by atoms with Crippen LogP contribution >= 0.6 is 46.3 Å². The molecule has 0 spiro atoms. The first-order valence-corrected chi connectivity index (χ1v) is 17.0. The van der Waals surface area contributed by atoms with Crippen molar-refractivity contribution in [2.24, 2.45) is 0 Å². The van der Waals surface area contributed by atoms with Crippen LogP contribution in [0.3, 0.4) is 0 Å². The predicted octanol–water partition coefficient (Wildman–Crippen LogP) is 8.66. The van der Waals surface area contributed by atoms with E-state index >= 15 is 0 Å². The smallest absolute Gasteiger partial charge is 0.272 e. The molecule has 0 aliphatic carbocycles. The SMILES string of the molecule is CCOc1ccccc1/C=C(\NC(=O)c1ccccc1)C(=O)Nc1ccc(SCC(=O)Nc2nc(-c3ccc(Cl)cc3Cl)cs2)cc1. The predicted molar refractivity (Wildman–Crippen MR) is 191 cm³/mol. The molecule has 0 bridgehead atoms. The van der Waals surface area contributed by atoms with Crippen LogP contribution in [0.2, 0.25) is 10.0 Å². The fraction of sp³-hybridized carbons (Fsp3) is 0.0857. The first-order valence-electron chi connectivity index (χ1n) is 14.3. The number of ether oxygens (including phenoxy) is 1. The molecule has 5 aromatic rings. The summed E-state index contributed by atoms with van der Waals surface area (Å²) in [5.74, 6) is -0.413. The molecule has 0 aliphatic rings. The number of carbonyl (C=O) groups is 3. The van der Waals surface area contributed by atoms with Gasteiger partial charge in [-0.3, -0.25) is 14.4 Å². The summed E-state index contributed by atoms with van der Waals surface area (Å²) in [6, 6.07) is 28.1. The molecule has 0 unspecified atom stereocenters. The summed E-state index contributed by atoms with van der Waals surface area (Å²) >= 11 is 14.9. The maximum atomic E-state index is 13.4. The topological polar surface area (TPSA) is 109 Å². The molecular weight excluding hydrogens is 675 g/mol. The molecule has 3 amide bonds. The number of thiazole rings is 1. The Bertz CT molecular complexity index is 1910. The Balaban J connectivity index is 1.21. The van der Waals surface area contributed by atoms with E-state index in [1.54, 1.807) is 84.9 Å². The van der Waals surface area contributed by atoms with Crippen molar-refractivity contribution in [2.75, 3.05) is 23.0 Å². The summed E-state index contributed by atoms with van der Waals surface area (Å²) in [6.45, 7) is 2.32. The van der Waals surface area contributed by atoms with Gasteiger partial charge in [-0.25, -0.2) is 4.98 Å². The van der Waals surface area contributed by atoms with Crippen molar-refractivity contribution in [1.82, 2.24) is 10.3 Å². The van der Waals surface area contributed by atoms with Crippen LogP contribution in [0.15, 0.2) is 113 Å². The van der Waals surface area contributed by atoms with E-state index in [0.29, 0.717) is 50.0 Å². The van der Waals surface area contributed by atoms with Gasteiger partial charge in [-0.05, 0) is 73.7 Å². The van der Waals surface area contributed by atoms with E-state index in [0.717, 1.165) is 10.5 Å². The normalized spacial score (nSPS) is 11.1. The highest BCUT2D eigenvalue weighted by Crippen LogP contribution is 2.32. The molecule has 0 saturated heterocycles. The molecule has 4 aromatic carbocycles. The molecule has 0 saturated carbocycles. The first kappa shape index (κ1) is 33.7. The number of carbonyl (C=O) groups excluding carboxylic acids is 3. The van der Waals surface area contributed by atoms with Crippen molar-refractivity contribution in [3.05, 3.63) is 129 Å². The van der Waals surface area contributed by atoms with Gasteiger partial charge >= 0.3 is 0 Å². The van der Waals surface area contributed by atoms with Gasteiger partial charge in [0.25, 0.3) is 11.8 Å². The van der Waals surface area contributed by atoms with Gasteiger partial charge in [0.15, 0.2) is 5.13 Å². The van der Waals surface area contributed by atoms with Crippen LogP contribution in [0.4, 0.5) is 10.8 Å². The van der Waals surface area contributed by atoms with Crippen molar-refractivity contribution in [3.63, 3.8) is 0 Å². The number of nitrogens with one attached hydrogen (secondary N) is 3.